The number of nitrogens with zero attached hydrogens (tertiary/aromatic N) is 2. The number of aromatic nitrogens is 2. The van der Waals surface area contributed by atoms with Gasteiger partial charge < -0.3 is 34.3 Å². The van der Waals surface area contributed by atoms with Crippen molar-refractivity contribution in [2.75, 3.05) is 26.8 Å². The fourth-order valence-corrected chi connectivity index (χ4v) is 2.52. The molecular weight excluding hydrogens is 308 g/mol. The predicted octanol–water partition coefficient (Wildman–Crippen LogP) is -1.48. The molecule has 0 radical (unpaired) electrons. The lowest BCUT2D eigenvalue weighted by molar-refractivity contribution is -0.221. The highest BCUT2D eigenvalue weighted by atomic mass is 16.7. The van der Waals surface area contributed by atoms with E-state index in [2.05, 4.69) is 9.97 Å². The van der Waals surface area contributed by atoms with Gasteiger partial charge in [0, 0.05) is 12.6 Å². The summed E-state index contributed by atoms with van der Waals surface area (Å²) in [6.07, 6.45) is -0.593. The Morgan fingerprint density at radius 1 is 1.04 bits per heavy atom. The minimum atomic E-state index is -1.10. The average molecular weight is 328 g/mol. The first-order valence-electron chi connectivity index (χ1n) is 7.39. The monoisotopic (exact) mass is 328 g/mol. The van der Waals surface area contributed by atoms with E-state index in [1.165, 1.54) is 12.4 Å². The maximum atomic E-state index is 10.2. The van der Waals surface area contributed by atoms with Crippen molar-refractivity contribution >= 4 is 0 Å². The van der Waals surface area contributed by atoms with Gasteiger partial charge in [0.25, 0.3) is 0 Å². The first kappa shape index (κ1) is 16.7. The summed E-state index contributed by atoms with van der Waals surface area (Å²) in [7, 11) is 0. The van der Waals surface area contributed by atoms with Gasteiger partial charge in [0.15, 0.2) is 0 Å². The smallest absolute Gasteiger partial charge is 0.147 e. The molecule has 3 heterocycles. The molecule has 0 aromatic carbocycles. The van der Waals surface area contributed by atoms with E-state index in [0.29, 0.717) is 17.8 Å². The van der Waals surface area contributed by atoms with Gasteiger partial charge in [-0.3, -0.25) is 9.97 Å². The number of aliphatic hydroxyl groups excluding tert-OH is 3. The normalized spacial score (nSPS) is 33.3. The molecule has 2 fully saturated rings. The maximum Gasteiger partial charge on any atom is 0.147 e. The summed E-state index contributed by atoms with van der Waals surface area (Å²) in [6, 6.07) is 0. The second-order valence-corrected chi connectivity index (χ2v) is 5.53. The van der Waals surface area contributed by atoms with Gasteiger partial charge in [-0.25, -0.2) is 0 Å². The molecule has 23 heavy (non-hydrogen) atoms. The highest BCUT2D eigenvalue weighted by Crippen LogP contribution is 2.22. The fraction of sp³-hybridized carbons (Fsp3) is 0.714. The minimum absolute atomic E-state index is 0.0171. The lowest BCUT2D eigenvalue weighted by Crippen LogP contribution is -2.43. The third kappa shape index (κ3) is 4.01. The van der Waals surface area contributed by atoms with Crippen molar-refractivity contribution in [3.63, 3.8) is 0 Å². The molecule has 9 nitrogen and oxygen atoms in total. The van der Waals surface area contributed by atoms with Crippen LogP contribution >= 0.6 is 0 Å². The van der Waals surface area contributed by atoms with Crippen molar-refractivity contribution in [2.45, 2.75) is 36.9 Å². The van der Waals surface area contributed by atoms with Crippen molar-refractivity contribution in [3.8, 4) is 0 Å². The number of ether oxygens (including phenoxy) is 4. The molecule has 2 aliphatic heterocycles. The Bertz CT molecular complexity index is 500. The van der Waals surface area contributed by atoms with E-state index in [1.54, 1.807) is 0 Å². The van der Waals surface area contributed by atoms with Crippen LogP contribution in [0.25, 0.3) is 0 Å². The molecule has 0 bridgehead atoms. The summed E-state index contributed by atoms with van der Waals surface area (Å²) in [5, 5.41) is 29.8. The SMILES string of the molecule is OC1COCOC1Cc1cnc(C(O)C2OCOCC2O)cn1. The Hall–Kier alpha value is -1.20. The first-order chi connectivity index (χ1) is 11.1. The van der Waals surface area contributed by atoms with Gasteiger partial charge in [-0.1, -0.05) is 0 Å². The topological polar surface area (TPSA) is 123 Å². The molecule has 128 valence electrons. The van der Waals surface area contributed by atoms with Crippen LogP contribution in [0.15, 0.2) is 12.4 Å². The largest absolute Gasteiger partial charge is 0.388 e. The summed E-state index contributed by atoms with van der Waals surface area (Å²) >= 11 is 0. The third-order valence-electron chi connectivity index (χ3n) is 3.84. The van der Waals surface area contributed by atoms with Crippen LogP contribution in [0.3, 0.4) is 0 Å². The van der Waals surface area contributed by atoms with Crippen molar-refractivity contribution in [2.24, 2.45) is 0 Å². The summed E-state index contributed by atoms with van der Waals surface area (Å²) < 4.78 is 20.5. The molecule has 5 atom stereocenters. The second kappa shape index (κ2) is 7.58. The zero-order valence-electron chi connectivity index (χ0n) is 12.4. The van der Waals surface area contributed by atoms with Gasteiger partial charge in [0.2, 0.25) is 0 Å². The quantitative estimate of drug-likeness (QED) is 0.607. The van der Waals surface area contributed by atoms with Gasteiger partial charge in [0.1, 0.15) is 38.0 Å². The zero-order chi connectivity index (χ0) is 16.2. The van der Waals surface area contributed by atoms with Crippen LogP contribution in [0, 0.1) is 0 Å². The molecule has 2 aliphatic rings. The van der Waals surface area contributed by atoms with Crippen LogP contribution in [0.1, 0.15) is 17.5 Å². The number of hydrogen-bond donors (Lipinski definition) is 3. The summed E-state index contributed by atoms with van der Waals surface area (Å²) in [5.74, 6) is 0. The molecule has 1 aromatic heterocycles. The van der Waals surface area contributed by atoms with E-state index < -0.39 is 30.5 Å². The first-order valence-corrected chi connectivity index (χ1v) is 7.39. The van der Waals surface area contributed by atoms with Crippen LogP contribution < -0.4 is 0 Å². The van der Waals surface area contributed by atoms with Crippen molar-refractivity contribution < 1.29 is 34.3 Å². The molecule has 5 unspecified atom stereocenters. The van der Waals surface area contributed by atoms with Crippen molar-refractivity contribution in [1.29, 1.82) is 0 Å². The highest BCUT2D eigenvalue weighted by Gasteiger charge is 2.33. The molecule has 1 aromatic rings. The lowest BCUT2D eigenvalue weighted by Gasteiger charge is -2.31. The Labute approximate surface area is 132 Å². The molecular formula is C14H20N2O7. The fourth-order valence-electron chi connectivity index (χ4n) is 2.52. The molecule has 9 heteroatoms. The zero-order valence-corrected chi connectivity index (χ0v) is 12.4. The highest BCUT2D eigenvalue weighted by molar-refractivity contribution is 5.08. The average Bonchev–Trinajstić information content (AvgIpc) is 2.57. The Morgan fingerprint density at radius 3 is 2.43 bits per heavy atom. The minimum Gasteiger partial charge on any atom is -0.388 e. The van der Waals surface area contributed by atoms with Gasteiger partial charge in [-0.15, -0.1) is 0 Å². The van der Waals surface area contributed by atoms with Crippen LogP contribution in [0.2, 0.25) is 0 Å². The van der Waals surface area contributed by atoms with E-state index >= 15 is 0 Å². The van der Waals surface area contributed by atoms with Crippen LogP contribution in [0.4, 0.5) is 0 Å². The van der Waals surface area contributed by atoms with Crippen molar-refractivity contribution in [3.05, 3.63) is 23.8 Å². The lowest BCUT2D eigenvalue weighted by atomic mass is 10.0. The molecule has 0 spiro atoms. The van der Waals surface area contributed by atoms with Gasteiger partial charge in [-0.05, 0) is 0 Å². The van der Waals surface area contributed by atoms with Crippen LogP contribution in [-0.2, 0) is 25.4 Å². The Balaban J connectivity index is 1.62. The van der Waals surface area contributed by atoms with Crippen molar-refractivity contribution in [1.82, 2.24) is 9.97 Å². The van der Waals surface area contributed by atoms with E-state index in [9.17, 15) is 15.3 Å². The van der Waals surface area contributed by atoms with E-state index in [-0.39, 0.29) is 26.8 Å². The Kier molecular flexibility index (Phi) is 5.49. The van der Waals surface area contributed by atoms with Gasteiger partial charge >= 0.3 is 0 Å². The summed E-state index contributed by atoms with van der Waals surface area (Å²) in [6.45, 7) is 0.494. The number of hydrogen-bond acceptors (Lipinski definition) is 9. The Morgan fingerprint density at radius 2 is 1.78 bits per heavy atom. The van der Waals surface area contributed by atoms with E-state index in [1.807, 2.05) is 0 Å². The molecule has 0 aliphatic carbocycles. The molecule has 0 amide bonds. The number of rotatable bonds is 4. The maximum absolute atomic E-state index is 10.2. The van der Waals surface area contributed by atoms with E-state index in [4.69, 9.17) is 18.9 Å². The van der Waals surface area contributed by atoms with Crippen LogP contribution in [-0.4, -0.2) is 76.5 Å². The van der Waals surface area contributed by atoms with Gasteiger partial charge in [0.05, 0.1) is 36.9 Å². The standard InChI is InChI=1S/C14H20N2O7/c17-10-4-20-6-22-12(10)1-8-2-16-9(3-15-8)13(19)14-11(18)5-21-7-23-14/h2-3,10-14,17-19H,1,4-7H2. The van der Waals surface area contributed by atoms with Gasteiger partial charge in [-0.2, -0.15) is 0 Å². The molecule has 2 saturated heterocycles. The molecule has 0 saturated carbocycles. The molecule has 3 rings (SSSR count). The van der Waals surface area contributed by atoms with E-state index in [0.717, 1.165) is 0 Å². The van der Waals surface area contributed by atoms with Crippen LogP contribution in [0.5, 0.6) is 0 Å². The molecule has 3 N–H and O–H groups in total. The third-order valence-corrected chi connectivity index (χ3v) is 3.84. The predicted molar refractivity (Wildman–Crippen MR) is 74.1 cm³/mol. The summed E-state index contributed by atoms with van der Waals surface area (Å²) in [5.41, 5.74) is 0.925. The second-order valence-electron chi connectivity index (χ2n) is 5.53. The summed E-state index contributed by atoms with van der Waals surface area (Å²) in [4.78, 5) is 8.39. The number of aliphatic hydroxyl groups is 3.